The zero-order chi connectivity index (χ0) is 10.6. The van der Waals surface area contributed by atoms with Crippen LogP contribution in [0.1, 0.15) is 25.6 Å². The third-order valence-electron chi connectivity index (χ3n) is 1.89. The quantitative estimate of drug-likeness (QED) is 0.568. The molecule has 0 aliphatic rings. The summed E-state index contributed by atoms with van der Waals surface area (Å²) in [5.41, 5.74) is 3.79. The van der Waals surface area contributed by atoms with Crippen LogP contribution >= 0.6 is 11.8 Å². The number of thioether (sulfide) groups is 1. The molecule has 0 fully saturated rings. The van der Waals surface area contributed by atoms with Crippen LogP contribution in [0.5, 0.6) is 0 Å². The van der Waals surface area contributed by atoms with Crippen molar-refractivity contribution in [2.24, 2.45) is 12.9 Å². The summed E-state index contributed by atoms with van der Waals surface area (Å²) in [4.78, 5) is 0. The second-order valence-electron chi connectivity index (χ2n) is 3.52. The monoisotopic (exact) mass is 214 g/mol. The van der Waals surface area contributed by atoms with Gasteiger partial charge in [0.05, 0.1) is 11.7 Å². The number of nitrogens with two attached hydrogens (primary N) is 1. The molecule has 1 atom stereocenters. The van der Waals surface area contributed by atoms with Gasteiger partial charge in [-0.1, -0.05) is 13.8 Å². The molecule has 1 heterocycles. The summed E-state index contributed by atoms with van der Waals surface area (Å²) in [5, 5.41) is 4.94. The van der Waals surface area contributed by atoms with Crippen molar-refractivity contribution in [3.05, 3.63) is 18.0 Å². The molecule has 14 heavy (non-hydrogen) atoms. The van der Waals surface area contributed by atoms with Crippen molar-refractivity contribution in [2.45, 2.75) is 25.1 Å². The van der Waals surface area contributed by atoms with E-state index in [0.717, 1.165) is 11.4 Å². The van der Waals surface area contributed by atoms with Gasteiger partial charge >= 0.3 is 0 Å². The van der Waals surface area contributed by atoms with Crippen LogP contribution in [0, 0.1) is 0 Å². The molecule has 0 aliphatic carbocycles. The third kappa shape index (κ3) is 3.32. The fourth-order valence-electron chi connectivity index (χ4n) is 1.13. The predicted molar refractivity (Wildman–Crippen MR) is 60.9 cm³/mol. The Morgan fingerprint density at radius 2 is 2.36 bits per heavy atom. The van der Waals surface area contributed by atoms with Crippen LogP contribution in [-0.2, 0) is 7.05 Å². The SMILES string of the molecule is CC(C)SCC(NN)c1ccn(C)n1. The smallest absolute Gasteiger partial charge is 0.0815 e. The molecular weight excluding hydrogens is 196 g/mol. The van der Waals surface area contributed by atoms with Crippen LogP contribution in [0.25, 0.3) is 0 Å². The average molecular weight is 214 g/mol. The summed E-state index contributed by atoms with van der Waals surface area (Å²) >= 11 is 1.88. The number of nitrogens with zero attached hydrogens (tertiary/aromatic N) is 2. The van der Waals surface area contributed by atoms with Crippen LogP contribution in [0.15, 0.2) is 12.3 Å². The number of hydrogen-bond donors (Lipinski definition) is 2. The molecule has 0 aromatic carbocycles. The van der Waals surface area contributed by atoms with Crippen molar-refractivity contribution < 1.29 is 0 Å². The number of hydrogen-bond acceptors (Lipinski definition) is 4. The van der Waals surface area contributed by atoms with Gasteiger partial charge in [0.25, 0.3) is 0 Å². The lowest BCUT2D eigenvalue weighted by atomic mass is 10.2. The molecule has 0 amide bonds. The molecule has 0 spiro atoms. The first-order valence-electron chi connectivity index (χ1n) is 4.70. The maximum Gasteiger partial charge on any atom is 0.0815 e. The molecule has 0 bridgehead atoms. The third-order valence-corrected chi connectivity index (χ3v) is 3.08. The van der Waals surface area contributed by atoms with Gasteiger partial charge in [0.1, 0.15) is 0 Å². The second kappa shape index (κ2) is 5.38. The number of aryl methyl sites for hydroxylation is 1. The van der Waals surface area contributed by atoms with Gasteiger partial charge in [-0.05, 0) is 11.3 Å². The zero-order valence-corrected chi connectivity index (χ0v) is 9.71. The Balaban J connectivity index is 2.54. The van der Waals surface area contributed by atoms with E-state index in [1.807, 2.05) is 31.1 Å². The molecule has 1 aromatic heterocycles. The van der Waals surface area contributed by atoms with Crippen molar-refractivity contribution in [1.82, 2.24) is 15.2 Å². The summed E-state index contributed by atoms with van der Waals surface area (Å²) in [5.74, 6) is 6.44. The number of nitrogens with one attached hydrogen (secondary N) is 1. The van der Waals surface area contributed by atoms with Crippen molar-refractivity contribution in [3.8, 4) is 0 Å². The summed E-state index contributed by atoms with van der Waals surface area (Å²) in [7, 11) is 1.91. The van der Waals surface area contributed by atoms with Gasteiger partial charge in [-0.3, -0.25) is 16.0 Å². The van der Waals surface area contributed by atoms with Gasteiger partial charge in [0.2, 0.25) is 0 Å². The zero-order valence-electron chi connectivity index (χ0n) is 8.90. The Hall–Kier alpha value is -0.520. The molecule has 1 aromatic rings. The van der Waals surface area contributed by atoms with Gasteiger partial charge < -0.3 is 0 Å². The van der Waals surface area contributed by atoms with Crippen LogP contribution in [0.3, 0.4) is 0 Å². The van der Waals surface area contributed by atoms with Crippen LogP contribution in [0.4, 0.5) is 0 Å². The minimum absolute atomic E-state index is 0.142. The van der Waals surface area contributed by atoms with E-state index < -0.39 is 0 Å². The molecule has 3 N–H and O–H groups in total. The molecule has 1 unspecified atom stereocenters. The van der Waals surface area contributed by atoms with Crippen molar-refractivity contribution in [2.75, 3.05) is 5.75 Å². The van der Waals surface area contributed by atoms with Crippen LogP contribution in [-0.4, -0.2) is 20.8 Å². The lowest BCUT2D eigenvalue weighted by molar-refractivity contribution is 0.580. The highest BCUT2D eigenvalue weighted by Crippen LogP contribution is 2.18. The highest BCUT2D eigenvalue weighted by molar-refractivity contribution is 7.99. The molecule has 5 heteroatoms. The molecule has 0 radical (unpaired) electrons. The summed E-state index contributed by atoms with van der Waals surface area (Å²) < 4.78 is 1.79. The Morgan fingerprint density at radius 1 is 1.64 bits per heavy atom. The van der Waals surface area contributed by atoms with Gasteiger partial charge in [0, 0.05) is 19.0 Å². The van der Waals surface area contributed by atoms with E-state index in [4.69, 9.17) is 5.84 Å². The highest BCUT2D eigenvalue weighted by Gasteiger charge is 2.12. The van der Waals surface area contributed by atoms with Crippen molar-refractivity contribution in [3.63, 3.8) is 0 Å². The van der Waals surface area contributed by atoms with E-state index in [1.54, 1.807) is 4.68 Å². The van der Waals surface area contributed by atoms with E-state index in [2.05, 4.69) is 24.4 Å². The average Bonchev–Trinajstić information content (AvgIpc) is 2.53. The standard InChI is InChI=1S/C9H18N4S/c1-7(2)14-6-9(11-10)8-4-5-13(3)12-8/h4-5,7,9,11H,6,10H2,1-3H3. The molecular formula is C9H18N4S. The Kier molecular flexibility index (Phi) is 4.44. The number of aromatic nitrogens is 2. The van der Waals surface area contributed by atoms with E-state index in [9.17, 15) is 0 Å². The molecule has 80 valence electrons. The normalized spacial score (nSPS) is 13.5. The minimum atomic E-state index is 0.142. The lowest BCUT2D eigenvalue weighted by Crippen LogP contribution is -2.30. The van der Waals surface area contributed by atoms with E-state index >= 15 is 0 Å². The largest absolute Gasteiger partial charge is 0.275 e. The number of rotatable bonds is 5. The molecule has 4 nitrogen and oxygen atoms in total. The van der Waals surface area contributed by atoms with E-state index in [-0.39, 0.29) is 6.04 Å². The van der Waals surface area contributed by atoms with Crippen molar-refractivity contribution >= 4 is 11.8 Å². The summed E-state index contributed by atoms with van der Waals surface area (Å²) in [6, 6.07) is 2.13. The highest BCUT2D eigenvalue weighted by atomic mass is 32.2. The van der Waals surface area contributed by atoms with Gasteiger partial charge in [-0.2, -0.15) is 16.9 Å². The van der Waals surface area contributed by atoms with Crippen molar-refractivity contribution in [1.29, 1.82) is 0 Å². The van der Waals surface area contributed by atoms with E-state index in [1.165, 1.54) is 0 Å². The number of hydrazine groups is 1. The Bertz CT molecular complexity index is 272. The summed E-state index contributed by atoms with van der Waals surface area (Å²) in [6.45, 7) is 4.35. The Morgan fingerprint density at radius 3 is 2.79 bits per heavy atom. The molecule has 0 aliphatic heterocycles. The predicted octanol–water partition coefficient (Wildman–Crippen LogP) is 1.07. The maximum absolute atomic E-state index is 5.49. The maximum atomic E-state index is 5.49. The summed E-state index contributed by atoms with van der Waals surface area (Å²) in [6.07, 6.45) is 1.93. The van der Waals surface area contributed by atoms with Gasteiger partial charge in [-0.25, -0.2) is 0 Å². The fourth-order valence-corrected chi connectivity index (χ4v) is 1.97. The molecule has 0 saturated carbocycles. The Labute approximate surface area is 89.2 Å². The van der Waals surface area contributed by atoms with Crippen LogP contribution in [0.2, 0.25) is 0 Å². The first-order valence-corrected chi connectivity index (χ1v) is 5.75. The van der Waals surface area contributed by atoms with Gasteiger partial charge in [0.15, 0.2) is 0 Å². The lowest BCUT2D eigenvalue weighted by Gasteiger charge is -2.14. The molecule has 0 saturated heterocycles. The second-order valence-corrected chi connectivity index (χ2v) is 5.13. The minimum Gasteiger partial charge on any atom is -0.275 e. The van der Waals surface area contributed by atoms with Gasteiger partial charge in [-0.15, -0.1) is 0 Å². The van der Waals surface area contributed by atoms with E-state index in [0.29, 0.717) is 5.25 Å². The fraction of sp³-hybridized carbons (Fsp3) is 0.667. The topological polar surface area (TPSA) is 55.9 Å². The first kappa shape index (κ1) is 11.6. The molecule has 1 rings (SSSR count). The van der Waals surface area contributed by atoms with Crippen LogP contribution < -0.4 is 11.3 Å². The first-order chi connectivity index (χ1) is 6.63.